The van der Waals surface area contributed by atoms with E-state index in [0.29, 0.717) is 17.9 Å². The number of hydrogen-bond donors (Lipinski definition) is 2. The fourth-order valence-electron chi connectivity index (χ4n) is 2.81. The summed E-state index contributed by atoms with van der Waals surface area (Å²) >= 11 is 0. The second kappa shape index (κ2) is 11.6. The Morgan fingerprint density at radius 1 is 0.900 bits per heavy atom. The first-order valence-electron chi connectivity index (χ1n) is 10.1. The van der Waals surface area contributed by atoms with Crippen LogP contribution in [-0.2, 0) is 16.1 Å². The van der Waals surface area contributed by atoms with Crippen molar-refractivity contribution in [2.75, 3.05) is 11.9 Å². The molecule has 0 aromatic heterocycles. The van der Waals surface area contributed by atoms with Crippen LogP contribution in [0, 0.1) is 5.92 Å². The van der Waals surface area contributed by atoms with Crippen LogP contribution < -0.4 is 15.4 Å². The number of benzene rings is 2. The molecular formula is C23H28N2O5. The minimum atomic E-state index is -0.783. The zero-order valence-electron chi connectivity index (χ0n) is 17.6. The lowest BCUT2D eigenvalue weighted by atomic mass is 10.0. The van der Waals surface area contributed by atoms with E-state index in [2.05, 4.69) is 10.6 Å². The van der Waals surface area contributed by atoms with E-state index in [-0.39, 0.29) is 24.3 Å². The summed E-state index contributed by atoms with van der Waals surface area (Å²) in [6.07, 6.45) is 0.833. The van der Waals surface area contributed by atoms with Gasteiger partial charge in [-0.25, -0.2) is 4.79 Å². The Kier molecular flexibility index (Phi) is 8.87. The first kappa shape index (κ1) is 22.9. The molecule has 0 saturated carbocycles. The molecule has 160 valence electrons. The molecular weight excluding hydrogens is 384 g/mol. The topological polar surface area (TPSA) is 93.7 Å². The van der Waals surface area contributed by atoms with E-state index in [1.807, 2.05) is 38.1 Å². The Balaban J connectivity index is 1.85. The largest absolute Gasteiger partial charge is 0.513 e. The van der Waals surface area contributed by atoms with E-state index in [1.165, 1.54) is 12.1 Å². The molecule has 0 unspecified atom stereocenters. The lowest BCUT2D eigenvalue weighted by Gasteiger charge is -2.13. The Bertz CT molecular complexity index is 843. The predicted molar refractivity (Wildman–Crippen MR) is 114 cm³/mol. The average molecular weight is 412 g/mol. The first-order chi connectivity index (χ1) is 14.5. The summed E-state index contributed by atoms with van der Waals surface area (Å²) in [5, 5.41) is 5.75. The fourth-order valence-corrected chi connectivity index (χ4v) is 2.81. The quantitative estimate of drug-likeness (QED) is 0.466. The number of hydrogen-bond acceptors (Lipinski definition) is 5. The number of rotatable bonds is 9. The van der Waals surface area contributed by atoms with Gasteiger partial charge in [-0.3, -0.25) is 9.59 Å². The van der Waals surface area contributed by atoms with Crippen LogP contribution in [0.4, 0.5) is 10.5 Å². The maximum atomic E-state index is 12.3. The van der Waals surface area contributed by atoms with Crippen molar-refractivity contribution >= 4 is 23.7 Å². The van der Waals surface area contributed by atoms with Crippen molar-refractivity contribution in [2.45, 2.75) is 40.2 Å². The molecule has 2 amide bonds. The number of anilines is 1. The number of amides is 2. The SMILES string of the molecule is CCOC(=O)Oc1ccc(C(=O)NCc2ccc(NC(=O)C(CC)CC)cc2)cc1. The Morgan fingerprint density at radius 2 is 1.53 bits per heavy atom. The second-order valence-corrected chi connectivity index (χ2v) is 6.69. The summed E-state index contributed by atoms with van der Waals surface area (Å²) in [6.45, 7) is 6.26. The van der Waals surface area contributed by atoms with E-state index >= 15 is 0 Å². The van der Waals surface area contributed by atoms with Crippen molar-refractivity contribution in [3.8, 4) is 5.75 Å². The molecule has 2 aromatic rings. The molecule has 0 radical (unpaired) electrons. The van der Waals surface area contributed by atoms with Gasteiger partial charge in [0, 0.05) is 23.7 Å². The van der Waals surface area contributed by atoms with E-state index < -0.39 is 6.16 Å². The van der Waals surface area contributed by atoms with Gasteiger partial charge in [0.25, 0.3) is 5.91 Å². The molecule has 0 aliphatic heterocycles. The summed E-state index contributed by atoms with van der Waals surface area (Å²) < 4.78 is 9.66. The van der Waals surface area contributed by atoms with Gasteiger partial charge in [-0.2, -0.15) is 0 Å². The van der Waals surface area contributed by atoms with Crippen LogP contribution in [0.3, 0.4) is 0 Å². The zero-order valence-corrected chi connectivity index (χ0v) is 17.6. The van der Waals surface area contributed by atoms with E-state index in [0.717, 1.165) is 24.1 Å². The van der Waals surface area contributed by atoms with Gasteiger partial charge in [0.1, 0.15) is 5.75 Å². The molecule has 0 aliphatic carbocycles. The molecule has 0 heterocycles. The van der Waals surface area contributed by atoms with Crippen LogP contribution in [-0.4, -0.2) is 24.6 Å². The van der Waals surface area contributed by atoms with Gasteiger partial charge < -0.3 is 20.1 Å². The Labute approximate surface area is 176 Å². The smallest absolute Gasteiger partial charge is 0.434 e. The second-order valence-electron chi connectivity index (χ2n) is 6.69. The highest BCUT2D eigenvalue weighted by Gasteiger charge is 2.14. The van der Waals surface area contributed by atoms with Crippen LogP contribution in [0.25, 0.3) is 0 Å². The van der Waals surface area contributed by atoms with Gasteiger partial charge in [0.15, 0.2) is 0 Å². The Morgan fingerprint density at radius 3 is 2.10 bits per heavy atom. The molecule has 0 aliphatic rings. The van der Waals surface area contributed by atoms with E-state index in [9.17, 15) is 14.4 Å². The predicted octanol–water partition coefficient (Wildman–Crippen LogP) is 4.53. The lowest BCUT2D eigenvalue weighted by molar-refractivity contribution is -0.120. The maximum absolute atomic E-state index is 12.3. The molecule has 0 atom stereocenters. The Hall–Kier alpha value is -3.35. The summed E-state index contributed by atoms with van der Waals surface area (Å²) in [4.78, 5) is 35.7. The van der Waals surface area contributed by atoms with Crippen molar-refractivity contribution in [1.82, 2.24) is 5.32 Å². The van der Waals surface area contributed by atoms with Gasteiger partial charge in [-0.05, 0) is 61.7 Å². The summed E-state index contributed by atoms with van der Waals surface area (Å²) in [5.74, 6) is 0.0919. The molecule has 0 fully saturated rings. The summed E-state index contributed by atoms with van der Waals surface area (Å²) in [7, 11) is 0. The van der Waals surface area contributed by atoms with Gasteiger partial charge in [-0.15, -0.1) is 0 Å². The van der Waals surface area contributed by atoms with E-state index in [4.69, 9.17) is 9.47 Å². The minimum absolute atomic E-state index is 0.0121. The lowest BCUT2D eigenvalue weighted by Crippen LogP contribution is -2.23. The number of carbonyl (C=O) groups is 3. The van der Waals surface area contributed by atoms with Crippen molar-refractivity contribution in [1.29, 1.82) is 0 Å². The molecule has 0 bridgehead atoms. The summed E-state index contributed by atoms with van der Waals surface area (Å²) in [5.41, 5.74) is 2.09. The molecule has 7 heteroatoms. The third kappa shape index (κ3) is 6.92. The van der Waals surface area contributed by atoms with Crippen LogP contribution in [0.5, 0.6) is 5.75 Å². The minimum Gasteiger partial charge on any atom is -0.434 e. The van der Waals surface area contributed by atoms with Crippen LogP contribution in [0.2, 0.25) is 0 Å². The fraction of sp³-hybridized carbons (Fsp3) is 0.348. The van der Waals surface area contributed by atoms with Crippen LogP contribution in [0.15, 0.2) is 48.5 Å². The normalized spacial score (nSPS) is 10.4. The zero-order chi connectivity index (χ0) is 21.9. The summed E-state index contributed by atoms with van der Waals surface area (Å²) in [6, 6.07) is 13.6. The molecule has 2 aromatic carbocycles. The standard InChI is InChI=1S/C23H28N2O5/c1-4-17(5-2)22(27)25-19-11-7-16(8-12-19)15-24-21(26)18-9-13-20(14-10-18)30-23(28)29-6-3/h7-14,17H,4-6,15H2,1-3H3,(H,24,26)(H,25,27). The van der Waals surface area contributed by atoms with Crippen molar-refractivity contribution in [3.05, 3.63) is 59.7 Å². The van der Waals surface area contributed by atoms with Gasteiger partial charge in [-0.1, -0.05) is 26.0 Å². The number of carbonyl (C=O) groups excluding carboxylic acids is 3. The van der Waals surface area contributed by atoms with Crippen LogP contribution in [0.1, 0.15) is 49.5 Å². The van der Waals surface area contributed by atoms with Gasteiger partial charge >= 0.3 is 6.16 Å². The average Bonchev–Trinajstić information content (AvgIpc) is 2.74. The van der Waals surface area contributed by atoms with Crippen LogP contribution >= 0.6 is 0 Å². The van der Waals surface area contributed by atoms with Gasteiger partial charge in [0.2, 0.25) is 5.91 Å². The molecule has 30 heavy (non-hydrogen) atoms. The molecule has 2 rings (SSSR count). The third-order valence-corrected chi connectivity index (χ3v) is 4.61. The maximum Gasteiger partial charge on any atom is 0.513 e. The highest BCUT2D eigenvalue weighted by atomic mass is 16.7. The van der Waals surface area contributed by atoms with E-state index in [1.54, 1.807) is 19.1 Å². The third-order valence-electron chi connectivity index (χ3n) is 4.61. The monoisotopic (exact) mass is 412 g/mol. The first-order valence-corrected chi connectivity index (χ1v) is 10.1. The van der Waals surface area contributed by atoms with Gasteiger partial charge in [0.05, 0.1) is 6.61 Å². The highest BCUT2D eigenvalue weighted by molar-refractivity contribution is 5.94. The number of ether oxygens (including phenoxy) is 2. The molecule has 7 nitrogen and oxygen atoms in total. The molecule has 0 saturated heterocycles. The highest BCUT2D eigenvalue weighted by Crippen LogP contribution is 2.15. The van der Waals surface area contributed by atoms with Crippen molar-refractivity contribution in [2.24, 2.45) is 5.92 Å². The van der Waals surface area contributed by atoms with Crippen molar-refractivity contribution in [3.63, 3.8) is 0 Å². The molecule has 2 N–H and O–H groups in total. The molecule has 0 spiro atoms. The van der Waals surface area contributed by atoms with Crippen molar-refractivity contribution < 1.29 is 23.9 Å². The number of nitrogens with one attached hydrogen (secondary N) is 2.